The molecule has 1 aromatic carbocycles. The van der Waals surface area contributed by atoms with E-state index < -0.39 is 17.6 Å². The van der Waals surface area contributed by atoms with Crippen LogP contribution >= 0.6 is 0 Å². The Kier molecular flexibility index (Phi) is 3.89. The zero-order chi connectivity index (χ0) is 14.8. The molecule has 106 valence electrons. The van der Waals surface area contributed by atoms with Crippen molar-refractivity contribution >= 4 is 5.82 Å². The number of alkyl halides is 3. The average molecular weight is 285 g/mol. The highest BCUT2D eigenvalue weighted by Crippen LogP contribution is 2.31. The van der Waals surface area contributed by atoms with Gasteiger partial charge in [0.1, 0.15) is 11.6 Å². The number of halogens is 4. The summed E-state index contributed by atoms with van der Waals surface area (Å²) >= 11 is 0. The lowest BCUT2D eigenvalue weighted by molar-refractivity contribution is -0.137. The van der Waals surface area contributed by atoms with Gasteiger partial charge in [-0.05, 0) is 29.8 Å². The number of hydrogen-bond donors (Lipinski definition) is 2. The predicted molar refractivity (Wildman–Crippen MR) is 66.3 cm³/mol. The van der Waals surface area contributed by atoms with Crippen molar-refractivity contribution in [2.45, 2.75) is 12.6 Å². The first kappa shape index (κ1) is 14.3. The topological polar surface area (TPSA) is 50.9 Å². The molecule has 1 heterocycles. The minimum Gasteiger partial charge on any atom is -0.308 e. The second-order valence-corrected chi connectivity index (χ2v) is 4.18. The fourth-order valence-corrected chi connectivity index (χ4v) is 1.85. The number of benzene rings is 1. The van der Waals surface area contributed by atoms with Gasteiger partial charge in [0.15, 0.2) is 0 Å². The standard InChI is InChI=1S/C13H11F4N3/c14-11-6-8(5-10(7-11)13(15,16)17)4-9-2-1-3-19-12(9)20-18/h1-3,5-7H,4,18H2,(H,19,20). The lowest BCUT2D eigenvalue weighted by atomic mass is 10.0. The molecule has 0 radical (unpaired) electrons. The van der Waals surface area contributed by atoms with E-state index in [1.807, 2.05) is 0 Å². The summed E-state index contributed by atoms with van der Waals surface area (Å²) in [7, 11) is 0. The highest BCUT2D eigenvalue weighted by Gasteiger charge is 2.31. The summed E-state index contributed by atoms with van der Waals surface area (Å²) in [6.45, 7) is 0. The van der Waals surface area contributed by atoms with E-state index in [-0.39, 0.29) is 12.0 Å². The van der Waals surface area contributed by atoms with Gasteiger partial charge in [0.25, 0.3) is 0 Å². The summed E-state index contributed by atoms with van der Waals surface area (Å²) in [6, 6.07) is 5.72. The number of pyridine rings is 1. The Balaban J connectivity index is 2.36. The van der Waals surface area contributed by atoms with Gasteiger partial charge in [-0.2, -0.15) is 13.2 Å². The molecule has 2 rings (SSSR count). The molecular weight excluding hydrogens is 274 g/mol. The van der Waals surface area contributed by atoms with Crippen molar-refractivity contribution in [3.8, 4) is 0 Å². The van der Waals surface area contributed by atoms with Crippen LogP contribution in [0.25, 0.3) is 0 Å². The third-order valence-electron chi connectivity index (χ3n) is 2.71. The molecule has 7 heteroatoms. The number of nitrogens with two attached hydrogens (primary N) is 1. The SMILES string of the molecule is NNc1ncccc1Cc1cc(F)cc(C(F)(F)F)c1. The van der Waals surface area contributed by atoms with Crippen molar-refractivity contribution in [2.75, 3.05) is 5.43 Å². The fourth-order valence-electron chi connectivity index (χ4n) is 1.85. The van der Waals surface area contributed by atoms with Gasteiger partial charge >= 0.3 is 6.18 Å². The summed E-state index contributed by atoms with van der Waals surface area (Å²) < 4.78 is 51.1. The van der Waals surface area contributed by atoms with E-state index in [2.05, 4.69) is 10.4 Å². The molecule has 0 atom stereocenters. The molecule has 0 aliphatic heterocycles. The molecule has 3 N–H and O–H groups in total. The van der Waals surface area contributed by atoms with Crippen molar-refractivity contribution < 1.29 is 17.6 Å². The Morgan fingerprint density at radius 3 is 2.60 bits per heavy atom. The number of nitrogen functional groups attached to an aromatic ring is 1. The van der Waals surface area contributed by atoms with Crippen LogP contribution in [0.1, 0.15) is 16.7 Å². The van der Waals surface area contributed by atoms with Gasteiger partial charge < -0.3 is 5.43 Å². The van der Waals surface area contributed by atoms with Crippen LogP contribution in [-0.4, -0.2) is 4.98 Å². The number of rotatable bonds is 3. The van der Waals surface area contributed by atoms with Gasteiger partial charge in [0.05, 0.1) is 5.56 Å². The number of nitrogens with zero attached hydrogens (tertiary/aromatic N) is 1. The largest absolute Gasteiger partial charge is 0.416 e. The predicted octanol–water partition coefficient (Wildman–Crippen LogP) is 3.12. The van der Waals surface area contributed by atoms with Gasteiger partial charge in [-0.25, -0.2) is 15.2 Å². The van der Waals surface area contributed by atoms with E-state index in [1.54, 1.807) is 12.1 Å². The van der Waals surface area contributed by atoms with Gasteiger partial charge in [0, 0.05) is 18.2 Å². The molecule has 20 heavy (non-hydrogen) atoms. The molecule has 1 aromatic heterocycles. The molecule has 0 saturated carbocycles. The smallest absolute Gasteiger partial charge is 0.308 e. The van der Waals surface area contributed by atoms with Crippen LogP contribution in [0.2, 0.25) is 0 Å². The molecule has 0 spiro atoms. The van der Waals surface area contributed by atoms with E-state index in [0.29, 0.717) is 17.4 Å². The van der Waals surface area contributed by atoms with Gasteiger partial charge in [-0.1, -0.05) is 6.07 Å². The zero-order valence-electron chi connectivity index (χ0n) is 10.2. The fraction of sp³-hybridized carbons (Fsp3) is 0.154. The van der Waals surface area contributed by atoms with E-state index in [0.717, 1.165) is 12.1 Å². The molecule has 0 amide bonds. The van der Waals surface area contributed by atoms with Crippen molar-refractivity contribution in [1.82, 2.24) is 4.98 Å². The summed E-state index contributed by atoms with van der Waals surface area (Å²) in [5.41, 5.74) is 2.11. The number of anilines is 1. The molecule has 0 unspecified atom stereocenters. The van der Waals surface area contributed by atoms with E-state index in [1.165, 1.54) is 6.20 Å². The van der Waals surface area contributed by atoms with E-state index in [9.17, 15) is 17.6 Å². The zero-order valence-corrected chi connectivity index (χ0v) is 10.2. The maximum Gasteiger partial charge on any atom is 0.416 e. The Morgan fingerprint density at radius 1 is 1.20 bits per heavy atom. The monoisotopic (exact) mass is 285 g/mol. The Morgan fingerprint density at radius 2 is 1.95 bits per heavy atom. The second-order valence-electron chi connectivity index (χ2n) is 4.18. The number of aromatic nitrogens is 1. The quantitative estimate of drug-likeness (QED) is 0.517. The highest BCUT2D eigenvalue weighted by atomic mass is 19.4. The first-order valence-electron chi connectivity index (χ1n) is 5.67. The van der Waals surface area contributed by atoms with Gasteiger partial charge in [-0.3, -0.25) is 0 Å². The molecule has 0 aliphatic rings. The summed E-state index contributed by atoms with van der Waals surface area (Å²) in [4.78, 5) is 3.93. The number of hydrazine groups is 1. The van der Waals surface area contributed by atoms with Crippen LogP contribution in [0.4, 0.5) is 23.4 Å². The lowest BCUT2D eigenvalue weighted by Gasteiger charge is -2.11. The normalized spacial score (nSPS) is 11.4. The average Bonchev–Trinajstić information content (AvgIpc) is 2.37. The minimum absolute atomic E-state index is 0.0915. The molecule has 0 bridgehead atoms. The lowest BCUT2D eigenvalue weighted by Crippen LogP contribution is -2.11. The van der Waals surface area contributed by atoms with Crippen LogP contribution < -0.4 is 11.3 Å². The summed E-state index contributed by atoms with van der Waals surface area (Å²) in [5, 5.41) is 0. The van der Waals surface area contributed by atoms with Crippen molar-refractivity contribution in [3.63, 3.8) is 0 Å². The first-order chi connectivity index (χ1) is 9.40. The third kappa shape index (κ3) is 3.24. The van der Waals surface area contributed by atoms with Gasteiger partial charge in [0.2, 0.25) is 0 Å². The van der Waals surface area contributed by atoms with Crippen LogP contribution in [0.5, 0.6) is 0 Å². The summed E-state index contributed by atoms with van der Waals surface area (Å²) in [5.74, 6) is 4.68. The molecular formula is C13H11F4N3. The molecule has 0 aliphatic carbocycles. The number of hydrogen-bond acceptors (Lipinski definition) is 3. The molecule has 0 saturated heterocycles. The molecule has 0 fully saturated rings. The maximum absolute atomic E-state index is 13.3. The Hall–Kier alpha value is -2.15. The maximum atomic E-state index is 13.3. The van der Waals surface area contributed by atoms with Crippen molar-refractivity contribution in [3.05, 3.63) is 59.0 Å². The van der Waals surface area contributed by atoms with Gasteiger partial charge in [-0.15, -0.1) is 0 Å². The Labute approximate surface area is 112 Å². The van der Waals surface area contributed by atoms with Crippen molar-refractivity contribution in [1.29, 1.82) is 0 Å². The third-order valence-corrected chi connectivity index (χ3v) is 2.71. The van der Waals surface area contributed by atoms with Crippen molar-refractivity contribution in [2.24, 2.45) is 5.84 Å². The summed E-state index contributed by atoms with van der Waals surface area (Å²) in [6.07, 6.45) is -3.00. The van der Waals surface area contributed by atoms with E-state index >= 15 is 0 Å². The van der Waals surface area contributed by atoms with Crippen LogP contribution in [0.15, 0.2) is 36.5 Å². The minimum atomic E-state index is -4.58. The molecule has 2 aromatic rings. The molecule has 3 nitrogen and oxygen atoms in total. The van der Waals surface area contributed by atoms with Crippen LogP contribution in [-0.2, 0) is 12.6 Å². The highest BCUT2D eigenvalue weighted by molar-refractivity contribution is 5.45. The van der Waals surface area contributed by atoms with Crippen LogP contribution in [0, 0.1) is 5.82 Å². The Bertz CT molecular complexity index is 611. The number of nitrogens with one attached hydrogen (secondary N) is 1. The van der Waals surface area contributed by atoms with Crippen LogP contribution in [0.3, 0.4) is 0 Å². The van der Waals surface area contributed by atoms with E-state index in [4.69, 9.17) is 5.84 Å². The first-order valence-corrected chi connectivity index (χ1v) is 5.67. The second kappa shape index (κ2) is 5.46.